The number of aromatic nitrogens is 1. The topological polar surface area (TPSA) is 51.0 Å². The van der Waals surface area contributed by atoms with Crippen LogP contribution in [0.4, 0.5) is 0 Å². The van der Waals surface area contributed by atoms with Crippen molar-refractivity contribution in [3.63, 3.8) is 0 Å². The van der Waals surface area contributed by atoms with Crippen LogP contribution in [0.15, 0.2) is 36.4 Å². The number of rotatable bonds is 9. The third-order valence-corrected chi connectivity index (χ3v) is 5.40. The Hall–Kier alpha value is -2.26. The summed E-state index contributed by atoms with van der Waals surface area (Å²) in [6.07, 6.45) is 5.46. The Morgan fingerprint density at radius 3 is 2.44 bits per heavy atom. The number of ether oxygens (including phenoxy) is 1. The lowest BCUT2D eigenvalue weighted by Crippen LogP contribution is -1.99. The number of unbranched alkanes of at least 4 members (excludes halogenated alkanes) is 2. The lowest BCUT2D eigenvalue weighted by molar-refractivity contribution is 0.309. The van der Waals surface area contributed by atoms with Gasteiger partial charge in [-0.2, -0.15) is 0 Å². The van der Waals surface area contributed by atoms with E-state index in [9.17, 15) is 0 Å². The van der Waals surface area contributed by atoms with Crippen LogP contribution in [-0.2, 0) is 6.42 Å². The molecule has 144 valence electrons. The lowest BCUT2D eigenvalue weighted by atomic mass is 9.98. The first kappa shape index (κ1) is 19.5. The van der Waals surface area contributed by atoms with E-state index in [1.165, 1.54) is 38.9 Å². The van der Waals surface area contributed by atoms with Crippen LogP contribution >= 0.6 is 0 Å². The summed E-state index contributed by atoms with van der Waals surface area (Å²) in [6.45, 7) is 8.08. The molecule has 0 amide bonds. The van der Waals surface area contributed by atoms with Crippen molar-refractivity contribution >= 4 is 10.9 Å². The summed E-state index contributed by atoms with van der Waals surface area (Å²) in [6, 6.07) is 13.0. The highest BCUT2D eigenvalue weighted by Gasteiger charge is 2.15. The highest BCUT2D eigenvalue weighted by atomic mass is 16.5. The Morgan fingerprint density at radius 2 is 1.74 bits per heavy atom. The van der Waals surface area contributed by atoms with Crippen LogP contribution in [0, 0.1) is 13.8 Å². The summed E-state index contributed by atoms with van der Waals surface area (Å²) >= 11 is 0. The smallest absolute Gasteiger partial charge is 0.119 e. The molecule has 0 radical (unpaired) electrons. The van der Waals surface area contributed by atoms with Crippen molar-refractivity contribution in [1.82, 2.24) is 4.98 Å². The number of aryl methyl sites for hydroxylation is 3. The molecule has 3 nitrogen and oxygen atoms in total. The SMILES string of the molecule is CCCCOc1ccc(-c2[nH]c3c(C)c(C)ccc3c2CCCCN)cc1. The highest BCUT2D eigenvalue weighted by Crippen LogP contribution is 2.34. The minimum absolute atomic E-state index is 0.750. The Balaban J connectivity index is 1.96. The van der Waals surface area contributed by atoms with Gasteiger partial charge < -0.3 is 15.5 Å². The van der Waals surface area contributed by atoms with E-state index in [-0.39, 0.29) is 0 Å². The number of hydrogen-bond donors (Lipinski definition) is 2. The van der Waals surface area contributed by atoms with Crippen LogP contribution in [-0.4, -0.2) is 18.1 Å². The van der Waals surface area contributed by atoms with E-state index in [4.69, 9.17) is 10.5 Å². The van der Waals surface area contributed by atoms with Crippen molar-refractivity contribution in [2.45, 2.75) is 52.9 Å². The average molecular weight is 365 g/mol. The lowest BCUT2D eigenvalue weighted by Gasteiger charge is -2.08. The van der Waals surface area contributed by atoms with Crippen molar-refractivity contribution in [1.29, 1.82) is 0 Å². The number of fused-ring (bicyclic) bond motifs is 1. The molecule has 0 bridgehead atoms. The molecule has 1 aromatic heterocycles. The predicted molar refractivity (Wildman–Crippen MR) is 116 cm³/mol. The molecule has 0 fully saturated rings. The number of nitrogens with one attached hydrogen (secondary N) is 1. The molecule has 0 unspecified atom stereocenters. The molecule has 3 heteroatoms. The molecule has 3 aromatic rings. The largest absolute Gasteiger partial charge is 0.494 e. The van der Waals surface area contributed by atoms with Crippen molar-refractivity contribution in [2.75, 3.05) is 13.2 Å². The van der Waals surface area contributed by atoms with Crippen LogP contribution in [0.25, 0.3) is 22.2 Å². The van der Waals surface area contributed by atoms with Gasteiger partial charge in [-0.3, -0.25) is 0 Å². The van der Waals surface area contributed by atoms with E-state index in [0.29, 0.717) is 0 Å². The fourth-order valence-corrected chi connectivity index (χ4v) is 3.57. The predicted octanol–water partition coefficient (Wildman–Crippen LogP) is 5.91. The Bertz CT molecular complexity index is 878. The van der Waals surface area contributed by atoms with Gasteiger partial charge in [0.1, 0.15) is 5.75 Å². The first-order valence-electron chi connectivity index (χ1n) is 10.2. The molecule has 0 aliphatic carbocycles. The summed E-state index contributed by atoms with van der Waals surface area (Å²) in [4.78, 5) is 3.72. The van der Waals surface area contributed by atoms with Crippen LogP contribution in [0.1, 0.15) is 49.3 Å². The zero-order valence-electron chi connectivity index (χ0n) is 16.9. The zero-order valence-corrected chi connectivity index (χ0v) is 16.9. The van der Waals surface area contributed by atoms with E-state index < -0.39 is 0 Å². The summed E-state index contributed by atoms with van der Waals surface area (Å²) < 4.78 is 5.82. The van der Waals surface area contributed by atoms with Crippen LogP contribution in [0.3, 0.4) is 0 Å². The minimum atomic E-state index is 0.750. The summed E-state index contributed by atoms with van der Waals surface area (Å²) in [5, 5.41) is 1.34. The number of benzene rings is 2. The molecular formula is C24H32N2O. The summed E-state index contributed by atoms with van der Waals surface area (Å²) in [5.74, 6) is 0.944. The molecular weight excluding hydrogens is 332 g/mol. The van der Waals surface area contributed by atoms with Gasteiger partial charge in [0.25, 0.3) is 0 Å². The molecule has 0 spiro atoms. The van der Waals surface area contributed by atoms with Gasteiger partial charge >= 0.3 is 0 Å². The highest BCUT2D eigenvalue weighted by molar-refractivity contribution is 5.93. The van der Waals surface area contributed by atoms with E-state index in [2.05, 4.69) is 62.2 Å². The molecule has 0 saturated heterocycles. The van der Waals surface area contributed by atoms with Gasteiger partial charge in [-0.1, -0.05) is 25.5 Å². The van der Waals surface area contributed by atoms with E-state index in [1.54, 1.807) is 0 Å². The van der Waals surface area contributed by atoms with E-state index in [0.717, 1.165) is 51.0 Å². The van der Waals surface area contributed by atoms with Crippen molar-refractivity contribution in [2.24, 2.45) is 5.73 Å². The molecule has 27 heavy (non-hydrogen) atoms. The second-order valence-corrected chi connectivity index (χ2v) is 7.38. The van der Waals surface area contributed by atoms with Crippen molar-refractivity contribution in [3.8, 4) is 17.0 Å². The molecule has 3 N–H and O–H groups in total. The Labute approximate surface area is 162 Å². The van der Waals surface area contributed by atoms with Gasteiger partial charge in [-0.05, 0) is 92.6 Å². The molecule has 0 atom stereocenters. The molecule has 1 heterocycles. The molecule has 0 saturated carbocycles. The number of H-pyrrole nitrogens is 1. The third-order valence-electron chi connectivity index (χ3n) is 5.40. The van der Waals surface area contributed by atoms with Crippen molar-refractivity contribution in [3.05, 3.63) is 53.1 Å². The van der Waals surface area contributed by atoms with Crippen molar-refractivity contribution < 1.29 is 4.74 Å². The number of hydrogen-bond acceptors (Lipinski definition) is 2. The maximum absolute atomic E-state index is 5.82. The normalized spacial score (nSPS) is 11.3. The maximum Gasteiger partial charge on any atom is 0.119 e. The second-order valence-electron chi connectivity index (χ2n) is 7.38. The minimum Gasteiger partial charge on any atom is -0.494 e. The van der Waals surface area contributed by atoms with Gasteiger partial charge in [-0.25, -0.2) is 0 Å². The number of aromatic amines is 1. The van der Waals surface area contributed by atoms with Gasteiger partial charge in [-0.15, -0.1) is 0 Å². The molecule has 2 aromatic carbocycles. The maximum atomic E-state index is 5.82. The van der Waals surface area contributed by atoms with Gasteiger partial charge in [0.2, 0.25) is 0 Å². The summed E-state index contributed by atoms with van der Waals surface area (Å²) in [5.41, 5.74) is 13.5. The molecule has 3 rings (SSSR count). The zero-order chi connectivity index (χ0) is 19.2. The monoisotopic (exact) mass is 364 g/mol. The van der Waals surface area contributed by atoms with Gasteiger partial charge in [0, 0.05) is 16.6 Å². The van der Waals surface area contributed by atoms with Gasteiger partial charge in [0.15, 0.2) is 0 Å². The first-order chi connectivity index (χ1) is 13.2. The Morgan fingerprint density at radius 1 is 0.963 bits per heavy atom. The average Bonchev–Trinajstić information content (AvgIpc) is 3.05. The fourth-order valence-electron chi connectivity index (χ4n) is 3.57. The number of nitrogens with two attached hydrogens (primary N) is 1. The Kier molecular flexibility index (Phi) is 6.57. The van der Waals surface area contributed by atoms with Gasteiger partial charge in [0.05, 0.1) is 6.61 Å². The van der Waals surface area contributed by atoms with Crippen LogP contribution in [0.2, 0.25) is 0 Å². The third kappa shape index (κ3) is 4.36. The second kappa shape index (κ2) is 9.09. The standard InChI is InChI=1S/C24H32N2O/c1-4-5-16-27-20-12-10-19(11-13-20)24-21(8-6-7-15-25)22-14-9-17(2)18(3)23(22)26-24/h9-14,26H,4-8,15-16,25H2,1-3H3. The summed E-state index contributed by atoms with van der Waals surface area (Å²) in [7, 11) is 0. The van der Waals surface area contributed by atoms with E-state index >= 15 is 0 Å². The van der Waals surface area contributed by atoms with E-state index in [1.807, 2.05) is 0 Å². The fraction of sp³-hybridized carbons (Fsp3) is 0.417. The van der Waals surface area contributed by atoms with Crippen LogP contribution < -0.4 is 10.5 Å². The molecule has 0 aliphatic heterocycles. The van der Waals surface area contributed by atoms with Crippen LogP contribution in [0.5, 0.6) is 5.75 Å². The quantitative estimate of drug-likeness (QED) is 0.464. The molecule has 0 aliphatic rings. The first-order valence-corrected chi connectivity index (χ1v) is 10.2.